The quantitative estimate of drug-likeness (QED) is 0.747. The Hall–Kier alpha value is -0.900. The summed E-state index contributed by atoms with van der Waals surface area (Å²) in [5.74, 6) is 2.29. The molecule has 0 aromatic carbocycles. The van der Waals surface area contributed by atoms with Crippen LogP contribution in [0.4, 0.5) is 0 Å². The molecule has 0 saturated carbocycles. The van der Waals surface area contributed by atoms with Gasteiger partial charge in [0.25, 0.3) is 0 Å². The molecule has 2 heterocycles. The fourth-order valence-electron chi connectivity index (χ4n) is 2.22. The highest BCUT2D eigenvalue weighted by atomic mass is 15.3. The van der Waals surface area contributed by atoms with Crippen LogP contribution >= 0.6 is 0 Å². The number of nitrogens with one attached hydrogen (secondary N) is 1. The maximum atomic E-state index is 4.29. The van der Waals surface area contributed by atoms with Crippen molar-refractivity contribution in [3.63, 3.8) is 0 Å². The first-order valence-corrected chi connectivity index (χ1v) is 6.53. The number of hydrogen-bond donors (Lipinski definition) is 1. The molecule has 0 amide bonds. The minimum Gasteiger partial charge on any atom is -0.313 e. The van der Waals surface area contributed by atoms with Crippen LogP contribution < -0.4 is 5.32 Å². The van der Waals surface area contributed by atoms with Gasteiger partial charge in [0.1, 0.15) is 11.6 Å². The van der Waals surface area contributed by atoms with Crippen LogP contribution in [0.25, 0.3) is 0 Å². The van der Waals surface area contributed by atoms with Crippen LogP contribution in [0.15, 0.2) is 0 Å². The molecule has 0 bridgehead atoms. The molecule has 16 heavy (non-hydrogen) atoms. The lowest BCUT2D eigenvalue weighted by Gasteiger charge is -2.15. The third-order valence-electron chi connectivity index (χ3n) is 3.20. The molecule has 90 valence electrons. The van der Waals surface area contributed by atoms with Gasteiger partial charge < -0.3 is 9.88 Å². The average molecular weight is 222 g/mol. The van der Waals surface area contributed by atoms with Gasteiger partial charge in [-0.3, -0.25) is 0 Å². The van der Waals surface area contributed by atoms with E-state index in [1.165, 1.54) is 37.9 Å². The standard InChI is InChI=1S/C12H22N4/c1-2-3-4-5-6-7-11-14-15-12-10-13-8-9-16(11)12/h13H,2-10H2,1H3. The van der Waals surface area contributed by atoms with Crippen LogP contribution in [0.5, 0.6) is 0 Å². The number of aryl methyl sites for hydroxylation is 1. The topological polar surface area (TPSA) is 42.7 Å². The monoisotopic (exact) mass is 222 g/mol. The first-order valence-electron chi connectivity index (χ1n) is 6.53. The molecule has 0 radical (unpaired) electrons. The minimum absolute atomic E-state index is 0.878. The second kappa shape index (κ2) is 5.99. The Balaban J connectivity index is 1.78. The number of fused-ring (bicyclic) bond motifs is 1. The summed E-state index contributed by atoms with van der Waals surface area (Å²) < 4.78 is 2.29. The van der Waals surface area contributed by atoms with E-state index in [0.717, 1.165) is 31.9 Å². The molecule has 4 heteroatoms. The van der Waals surface area contributed by atoms with Gasteiger partial charge >= 0.3 is 0 Å². The summed E-state index contributed by atoms with van der Waals surface area (Å²) in [6.07, 6.45) is 7.71. The van der Waals surface area contributed by atoms with Crippen molar-refractivity contribution in [2.75, 3.05) is 6.54 Å². The molecule has 1 aliphatic heterocycles. The predicted molar refractivity (Wildman–Crippen MR) is 64.2 cm³/mol. The average Bonchev–Trinajstić information content (AvgIpc) is 2.73. The van der Waals surface area contributed by atoms with E-state index in [1.54, 1.807) is 0 Å². The van der Waals surface area contributed by atoms with Gasteiger partial charge in [-0.2, -0.15) is 0 Å². The van der Waals surface area contributed by atoms with E-state index in [2.05, 4.69) is 27.0 Å². The van der Waals surface area contributed by atoms with E-state index < -0.39 is 0 Å². The lowest BCUT2D eigenvalue weighted by Crippen LogP contribution is -2.29. The molecule has 1 N–H and O–H groups in total. The number of hydrogen-bond acceptors (Lipinski definition) is 3. The van der Waals surface area contributed by atoms with Crippen molar-refractivity contribution in [1.29, 1.82) is 0 Å². The van der Waals surface area contributed by atoms with E-state index >= 15 is 0 Å². The Labute approximate surface area is 97.5 Å². The molecular weight excluding hydrogens is 200 g/mol. The normalized spacial score (nSPS) is 15.1. The predicted octanol–water partition coefficient (Wildman–Crippen LogP) is 1.89. The van der Waals surface area contributed by atoms with Gasteiger partial charge in [-0.05, 0) is 6.42 Å². The molecule has 4 nitrogen and oxygen atoms in total. The lowest BCUT2D eigenvalue weighted by atomic mass is 10.1. The smallest absolute Gasteiger partial charge is 0.147 e. The van der Waals surface area contributed by atoms with Crippen molar-refractivity contribution in [3.05, 3.63) is 11.6 Å². The fourth-order valence-corrected chi connectivity index (χ4v) is 2.22. The summed E-state index contributed by atoms with van der Waals surface area (Å²) in [5.41, 5.74) is 0. The van der Waals surface area contributed by atoms with Gasteiger partial charge in [-0.25, -0.2) is 0 Å². The van der Waals surface area contributed by atoms with Crippen molar-refractivity contribution in [3.8, 4) is 0 Å². The highest BCUT2D eigenvalue weighted by Crippen LogP contribution is 2.10. The van der Waals surface area contributed by atoms with Crippen molar-refractivity contribution < 1.29 is 0 Å². The third-order valence-corrected chi connectivity index (χ3v) is 3.20. The van der Waals surface area contributed by atoms with Gasteiger partial charge in [0.15, 0.2) is 0 Å². The van der Waals surface area contributed by atoms with E-state index in [-0.39, 0.29) is 0 Å². The van der Waals surface area contributed by atoms with Gasteiger partial charge in [0.05, 0.1) is 6.54 Å². The Bertz CT molecular complexity index is 319. The first-order chi connectivity index (χ1) is 7.92. The molecule has 1 aliphatic rings. The Kier molecular flexibility index (Phi) is 4.34. The van der Waals surface area contributed by atoms with Crippen LogP contribution in [-0.4, -0.2) is 21.3 Å². The molecule has 2 rings (SSSR count). The van der Waals surface area contributed by atoms with E-state index in [4.69, 9.17) is 0 Å². The number of rotatable bonds is 6. The number of unbranched alkanes of at least 4 members (excludes halogenated alkanes) is 4. The zero-order chi connectivity index (χ0) is 11.2. The van der Waals surface area contributed by atoms with Crippen LogP contribution in [0.3, 0.4) is 0 Å². The zero-order valence-electron chi connectivity index (χ0n) is 10.2. The highest BCUT2D eigenvalue weighted by Gasteiger charge is 2.14. The van der Waals surface area contributed by atoms with Crippen molar-refractivity contribution in [2.45, 2.75) is 58.5 Å². The summed E-state index contributed by atoms with van der Waals surface area (Å²) in [4.78, 5) is 0. The molecule has 1 aromatic rings. The Morgan fingerprint density at radius 1 is 1.19 bits per heavy atom. The van der Waals surface area contributed by atoms with Crippen molar-refractivity contribution in [1.82, 2.24) is 20.1 Å². The number of aromatic nitrogens is 3. The van der Waals surface area contributed by atoms with Crippen molar-refractivity contribution >= 4 is 0 Å². The molecule has 0 saturated heterocycles. The fraction of sp³-hybridized carbons (Fsp3) is 0.833. The van der Waals surface area contributed by atoms with Gasteiger partial charge in [-0.15, -0.1) is 10.2 Å². The second-order valence-electron chi connectivity index (χ2n) is 4.53. The highest BCUT2D eigenvalue weighted by molar-refractivity contribution is 4.98. The molecule has 1 aromatic heterocycles. The summed E-state index contributed by atoms with van der Waals surface area (Å²) in [6, 6.07) is 0. The molecule has 0 fully saturated rings. The largest absolute Gasteiger partial charge is 0.313 e. The second-order valence-corrected chi connectivity index (χ2v) is 4.53. The molecule has 0 aliphatic carbocycles. The summed E-state index contributed by atoms with van der Waals surface area (Å²) in [7, 11) is 0. The van der Waals surface area contributed by atoms with Crippen LogP contribution in [0.2, 0.25) is 0 Å². The zero-order valence-corrected chi connectivity index (χ0v) is 10.2. The maximum Gasteiger partial charge on any atom is 0.147 e. The van der Waals surface area contributed by atoms with Crippen LogP contribution in [-0.2, 0) is 19.5 Å². The van der Waals surface area contributed by atoms with Crippen LogP contribution in [0, 0.1) is 0 Å². The van der Waals surface area contributed by atoms with Crippen LogP contribution in [0.1, 0.15) is 50.7 Å². The molecule has 0 unspecified atom stereocenters. The van der Waals surface area contributed by atoms with E-state index in [9.17, 15) is 0 Å². The minimum atomic E-state index is 0.878. The molecular formula is C12H22N4. The van der Waals surface area contributed by atoms with Gasteiger partial charge in [-0.1, -0.05) is 32.6 Å². The third kappa shape index (κ3) is 2.82. The summed E-state index contributed by atoms with van der Waals surface area (Å²) in [5, 5.41) is 11.8. The summed E-state index contributed by atoms with van der Waals surface area (Å²) in [6.45, 7) is 5.21. The first kappa shape index (κ1) is 11.6. The molecule has 0 spiro atoms. The number of nitrogens with zero attached hydrogens (tertiary/aromatic N) is 3. The maximum absolute atomic E-state index is 4.29. The summed E-state index contributed by atoms with van der Waals surface area (Å²) >= 11 is 0. The van der Waals surface area contributed by atoms with E-state index in [0.29, 0.717) is 0 Å². The Morgan fingerprint density at radius 2 is 2.06 bits per heavy atom. The van der Waals surface area contributed by atoms with Gasteiger partial charge in [0.2, 0.25) is 0 Å². The van der Waals surface area contributed by atoms with E-state index in [1.807, 2.05) is 0 Å². The Morgan fingerprint density at radius 3 is 2.94 bits per heavy atom. The molecule has 0 atom stereocenters. The SMILES string of the molecule is CCCCCCCc1nnc2n1CCNC2. The lowest BCUT2D eigenvalue weighted by molar-refractivity contribution is 0.488. The van der Waals surface area contributed by atoms with Crippen molar-refractivity contribution in [2.24, 2.45) is 0 Å². The van der Waals surface area contributed by atoms with Gasteiger partial charge in [0, 0.05) is 19.5 Å².